The molecule has 1 amide bonds. The first-order valence-electron chi connectivity index (χ1n) is 11.3. The molecule has 2 fully saturated rings. The van der Waals surface area contributed by atoms with E-state index in [-0.39, 0.29) is 6.09 Å². The van der Waals surface area contributed by atoms with Crippen LogP contribution in [-0.2, 0) is 20.8 Å². The van der Waals surface area contributed by atoms with Gasteiger partial charge < -0.3 is 19.1 Å². The molecule has 1 aliphatic carbocycles. The summed E-state index contributed by atoms with van der Waals surface area (Å²) in [6.45, 7) is 8.69. The van der Waals surface area contributed by atoms with Crippen LogP contribution in [-0.4, -0.2) is 48.5 Å². The van der Waals surface area contributed by atoms with Crippen LogP contribution in [0.4, 0.5) is 4.79 Å². The monoisotopic (exact) mass is 415 g/mol. The van der Waals surface area contributed by atoms with Crippen molar-refractivity contribution in [3.8, 4) is 0 Å². The van der Waals surface area contributed by atoms with Crippen LogP contribution in [0.1, 0.15) is 64.9 Å². The molecule has 1 aliphatic heterocycles. The highest BCUT2D eigenvalue weighted by molar-refractivity contribution is 5.68. The van der Waals surface area contributed by atoms with Gasteiger partial charge in [0, 0.05) is 13.1 Å². The lowest BCUT2D eigenvalue weighted by molar-refractivity contribution is -0.105. The van der Waals surface area contributed by atoms with E-state index in [1.165, 1.54) is 11.1 Å². The van der Waals surface area contributed by atoms with Gasteiger partial charge in [0.05, 0.1) is 25.4 Å². The summed E-state index contributed by atoms with van der Waals surface area (Å²) in [5.74, 6) is 0. The predicted molar refractivity (Wildman–Crippen MR) is 118 cm³/mol. The van der Waals surface area contributed by atoms with E-state index in [2.05, 4.69) is 18.2 Å². The fourth-order valence-electron chi connectivity index (χ4n) is 3.80. The molecule has 1 saturated heterocycles. The van der Waals surface area contributed by atoms with Crippen molar-refractivity contribution in [3.63, 3.8) is 0 Å². The van der Waals surface area contributed by atoms with Gasteiger partial charge in [-0.25, -0.2) is 4.79 Å². The van der Waals surface area contributed by atoms with Crippen molar-refractivity contribution in [3.05, 3.63) is 47.5 Å². The molecule has 0 aromatic heterocycles. The third-order valence-corrected chi connectivity index (χ3v) is 5.56. The van der Waals surface area contributed by atoms with Crippen LogP contribution in [0, 0.1) is 0 Å². The van der Waals surface area contributed by atoms with Gasteiger partial charge in [0.1, 0.15) is 5.60 Å². The van der Waals surface area contributed by atoms with Crippen molar-refractivity contribution in [2.75, 3.05) is 19.7 Å². The summed E-state index contributed by atoms with van der Waals surface area (Å²) < 4.78 is 17.4. The first kappa shape index (κ1) is 22.8. The van der Waals surface area contributed by atoms with Crippen molar-refractivity contribution in [2.24, 2.45) is 0 Å². The molecule has 30 heavy (non-hydrogen) atoms. The lowest BCUT2D eigenvalue weighted by atomic mass is 9.92. The second-order valence-electron chi connectivity index (χ2n) is 9.35. The zero-order chi connectivity index (χ0) is 21.4. The molecule has 1 heterocycles. The van der Waals surface area contributed by atoms with Gasteiger partial charge in [-0.1, -0.05) is 42.0 Å². The topological polar surface area (TPSA) is 48.0 Å². The van der Waals surface area contributed by atoms with Crippen LogP contribution in [0.15, 0.2) is 42.0 Å². The molecule has 3 rings (SSSR count). The molecule has 0 atom stereocenters. The van der Waals surface area contributed by atoms with Crippen molar-refractivity contribution in [1.29, 1.82) is 0 Å². The maximum Gasteiger partial charge on any atom is 0.410 e. The first-order valence-corrected chi connectivity index (χ1v) is 11.3. The summed E-state index contributed by atoms with van der Waals surface area (Å²) in [6.07, 6.45) is 8.68. The van der Waals surface area contributed by atoms with Gasteiger partial charge in [0.2, 0.25) is 0 Å². The normalized spacial score (nSPS) is 23.7. The molecule has 0 N–H and O–H groups in total. The molecule has 1 aromatic rings. The van der Waals surface area contributed by atoms with Gasteiger partial charge >= 0.3 is 6.09 Å². The number of carbonyl (C=O) groups excluding carboxylic acids is 1. The van der Waals surface area contributed by atoms with E-state index in [0.29, 0.717) is 18.8 Å². The highest BCUT2D eigenvalue weighted by Gasteiger charge is 2.30. The van der Waals surface area contributed by atoms with Crippen molar-refractivity contribution >= 4 is 6.09 Å². The Bertz CT molecular complexity index is 689. The summed E-state index contributed by atoms with van der Waals surface area (Å²) in [5, 5.41) is 0. The Labute approximate surface area is 181 Å². The molecule has 2 aliphatic rings. The van der Waals surface area contributed by atoms with Gasteiger partial charge in [-0.3, -0.25) is 0 Å². The van der Waals surface area contributed by atoms with Crippen molar-refractivity contribution in [1.82, 2.24) is 4.90 Å². The molecule has 0 spiro atoms. The van der Waals surface area contributed by atoms with Crippen LogP contribution in [0.2, 0.25) is 0 Å². The Morgan fingerprint density at radius 1 is 1.07 bits per heavy atom. The Morgan fingerprint density at radius 2 is 1.80 bits per heavy atom. The Kier molecular flexibility index (Phi) is 8.34. The molecule has 0 unspecified atom stereocenters. The van der Waals surface area contributed by atoms with Crippen LogP contribution in [0.3, 0.4) is 0 Å². The van der Waals surface area contributed by atoms with Gasteiger partial charge in [-0.15, -0.1) is 0 Å². The minimum absolute atomic E-state index is 0.193. The average Bonchev–Trinajstić information content (AvgIpc) is 2.91. The number of hydrogen-bond acceptors (Lipinski definition) is 4. The summed E-state index contributed by atoms with van der Waals surface area (Å²) >= 11 is 0. The number of likely N-dealkylation sites (tertiary alicyclic amines) is 1. The smallest absolute Gasteiger partial charge is 0.410 e. The van der Waals surface area contributed by atoms with Gasteiger partial charge in [-0.2, -0.15) is 0 Å². The number of benzene rings is 1. The Morgan fingerprint density at radius 3 is 2.53 bits per heavy atom. The van der Waals surface area contributed by atoms with E-state index in [4.69, 9.17) is 14.2 Å². The quantitative estimate of drug-likeness (QED) is 0.436. The molecule has 0 radical (unpaired) electrons. The fourth-order valence-corrected chi connectivity index (χ4v) is 3.80. The van der Waals surface area contributed by atoms with Crippen LogP contribution in [0.25, 0.3) is 0 Å². The molecular weight excluding hydrogens is 378 g/mol. The number of nitrogens with zero attached hydrogens (tertiary/aromatic N) is 1. The van der Waals surface area contributed by atoms with Crippen LogP contribution >= 0.6 is 0 Å². The predicted octanol–water partition coefficient (Wildman–Crippen LogP) is 5.49. The zero-order valence-electron chi connectivity index (χ0n) is 18.8. The number of amides is 1. The van der Waals surface area contributed by atoms with Gasteiger partial charge in [-0.05, 0) is 64.9 Å². The van der Waals surface area contributed by atoms with E-state index in [1.54, 1.807) is 0 Å². The first-order chi connectivity index (χ1) is 14.4. The molecule has 1 saturated carbocycles. The third-order valence-electron chi connectivity index (χ3n) is 5.56. The Hall–Kier alpha value is -1.85. The van der Waals surface area contributed by atoms with Crippen LogP contribution < -0.4 is 0 Å². The minimum Gasteiger partial charge on any atom is -0.444 e. The molecule has 5 heteroatoms. The number of hydrogen-bond donors (Lipinski definition) is 0. The second kappa shape index (κ2) is 11.0. The highest BCUT2D eigenvalue weighted by atomic mass is 16.6. The molecular formula is C25H37NO4. The van der Waals surface area contributed by atoms with Gasteiger partial charge in [0.15, 0.2) is 0 Å². The van der Waals surface area contributed by atoms with E-state index in [1.807, 2.05) is 43.9 Å². The van der Waals surface area contributed by atoms with Gasteiger partial charge in [0.25, 0.3) is 0 Å². The average molecular weight is 416 g/mol. The summed E-state index contributed by atoms with van der Waals surface area (Å²) in [4.78, 5) is 14.1. The minimum atomic E-state index is -0.438. The lowest BCUT2D eigenvalue weighted by Gasteiger charge is -2.34. The lowest BCUT2D eigenvalue weighted by Crippen LogP contribution is -2.37. The highest BCUT2D eigenvalue weighted by Crippen LogP contribution is 2.27. The van der Waals surface area contributed by atoms with Crippen molar-refractivity contribution in [2.45, 2.75) is 83.7 Å². The fraction of sp³-hybridized carbons (Fsp3) is 0.640. The maximum atomic E-state index is 12.3. The third kappa shape index (κ3) is 7.77. The zero-order valence-corrected chi connectivity index (χ0v) is 18.8. The maximum absolute atomic E-state index is 12.3. The summed E-state index contributed by atoms with van der Waals surface area (Å²) in [6, 6.07) is 10.3. The molecule has 5 nitrogen and oxygen atoms in total. The number of carbonyl (C=O) groups is 1. The second-order valence-corrected chi connectivity index (χ2v) is 9.35. The molecule has 1 aromatic carbocycles. The number of rotatable bonds is 7. The van der Waals surface area contributed by atoms with E-state index in [0.717, 1.165) is 58.2 Å². The van der Waals surface area contributed by atoms with Crippen LogP contribution in [0.5, 0.6) is 0 Å². The summed E-state index contributed by atoms with van der Waals surface area (Å²) in [7, 11) is 0. The SMILES string of the molecule is CC(C)(C)OC(=O)N1CCC/C(=C/CCOC2CC(OCc3ccccc3)C2)CC1. The Balaban J connectivity index is 1.27. The standard InChI is InChI=1S/C25H37NO4/c1-25(2,3)30-24(27)26-14-7-11-20(13-15-26)12-8-16-28-22-17-23(18-22)29-19-21-9-5-4-6-10-21/h4-6,9-10,12,22-23H,7-8,11,13-19H2,1-3H3/b20-12-. The molecule has 166 valence electrons. The number of ether oxygens (including phenoxy) is 3. The van der Waals surface area contributed by atoms with E-state index < -0.39 is 5.60 Å². The van der Waals surface area contributed by atoms with E-state index >= 15 is 0 Å². The van der Waals surface area contributed by atoms with Crippen molar-refractivity contribution < 1.29 is 19.0 Å². The van der Waals surface area contributed by atoms with E-state index in [9.17, 15) is 4.79 Å². The summed E-state index contributed by atoms with van der Waals surface area (Å²) in [5.41, 5.74) is 2.22. The largest absolute Gasteiger partial charge is 0.444 e. The molecule has 0 bridgehead atoms.